The van der Waals surface area contributed by atoms with Gasteiger partial charge in [0.1, 0.15) is 0 Å². The molecule has 1 aliphatic heterocycles. The first-order chi connectivity index (χ1) is 14.5. The fourth-order valence-electron chi connectivity index (χ4n) is 3.97. The van der Waals surface area contributed by atoms with Crippen LogP contribution >= 0.6 is 0 Å². The second-order valence-electron chi connectivity index (χ2n) is 7.90. The van der Waals surface area contributed by atoms with Gasteiger partial charge in [0.25, 0.3) is 5.56 Å². The molecule has 2 aromatic carbocycles. The maximum absolute atomic E-state index is 13.3. The van der Waals surface area contributed by atoms with Crippen molar-refractivity contribution in [1.29, 1.82) is 5.26 Å². The van der Waals surface area contributed by atoms with E-state index in [1.54, 1.807) is 23.7 Å². The molecule has 0 saturated carbocycles. The van der Waals surface area contributed by atoms with E-state index in [2.05, 4.69) is 6.07 Å². The Labute approximate surface area is 176 Å². The van der Waals surface area contributed by atoms with Crippen molar-refractivity contribution >= 4 is 5.82 Å². The van der Waals surface area contributed by atoms with E-state index in [0.717, 1.165) is 47.5 Å². The zero-order valence-electron chi connectivity index (χ0n) is 17.3. The fourth-order valence-corrected chi connectivity index (χ4v) is 3.97. The average molecular weight is 399 g/mol. The smallest absolute Gasteiger partial charge is 0.293 e. The zero-order valence-corrected chi connectivity index (χ0v) is 17.3. The fraction of sp³-hybridized carbons (Fsp3) is 0.292. The lowest BCUT2D eigenvalue weighted by atomic mass is 10.0. The van der Waals surface area contributed by atoms with Gasteiger partial charge in [-0.3, -0.25) is 4.79 Å². The summed E-state index contributed by atoms with van der Waals surface area (Å²) >= 11 is 0. The van der Waals surface area contributed by atoms with Crippen LogP contribution in [0.4, 0.5) is 5.82 Å². The average Bonchev–Trinajstić information content (AvgIpc) is 2.76. The van der Waals surface area contributed by atoms with Crippen LogP contribution in [0.15, 0.2) is 53.3 Å². The molecule has 2 heterocycles. The predicted octanol–water partition coefficient (Wildman–Crippen LogP) is 3.22. The normalized spacial score (nSPS) is 16.3. The minimum absolute atomic E-state index is 0.0420. The Morgan fingerprint density at radius 1 is 1.10 bits per heavy atom. The Balaban J connectivity index is 1.94. The third-order valence-electron chi connectivity index (χ3n) is 5.64. The summed E-state index contributed by atoms with van der Waals surface area (Å²) in [6.07, 6.45) is 1.90. The predicted molar refractivity (Wildman–Crippen MR) is 119 cm³/mol. The number of nitrogens with two attached hydrogens (primary N) is 1. The van der Waals surface area contributed by atoms with Gasteiger partial charge in [0.05, 0.1) is 23.0 Å². The van der Waals surface area contributed by atoms with Crippen molar-refractivity contribution in [2.45, 2.75) is 25.8 Å². The van der Waals surface area contributed by atoms with Crippen LogP contribution in [0.25, 0.3) is 22.5 Å². The van der Waals surface area contributed by atoms with Gasteiger partial charge in [0.2, 0.25) is 0 Å². The van der Waals surface area contributed by atoms with Crippen molar-refractivity contribution in [2.24, 2.45) is 12.8 Å². The number of aryl methyl sites for hydroxylation is 1. The third kappa shape index (κ3) is 3.72. The van der Waals surface area contributed by atoms with Crippen LogP contribution < -0.4 is 16.2 Å². The highest BCUT2D eigenvalue weighted by Gasteiger charge is 2.24. The molecule has 1 fully saturated rings. The Morgan fingerprint density at radius 3 is 2.40 bits per heavy atom. The molecule has 0 aliphatic carbocycles. The first-order valence-corrected chi connectivity index (χ1v) is 10.2. The number of anilines is 1. The van der Waals surface area contributed by atoms with Crippen LogP contribution in [0.1, 0.15) is 24.0 Å². The quantitative estimate of drug-likeness (QED) is 0.731. The second kappa shape index (κ2) is 8.13. The van der Waals surface area contributed by atoms with Gasteiger partial charge in [-0.15, -0.1) is 0 Å². The number of piperidine rings is 1. The van der Waals surface area contributed by atoms with Gasteiger partial charge in [-0.25, -0.2) is 4.98 Å². The highest BCUT2D eigenvalue weighted by atomic mass is 16.1. The summed E-state index contributed by atoms with van der Waals surface area (Å²) in [4.78, 5) is 20.2. The van der Waals surface area contributed by atoms with E-state index in [-0.39, 0.29) is 11.6 Å². The summed E-state index contributed by atoms with van der Waals surface area (Å²) in [5, 5.41) is 9.15. The van der Waals surface area contributed by atoms with Gasteiger partial charge in [0.15, 0.2) is 5.82 Å². The van der Waals surface area contributed by atoms with Crippen molar-refractivity contribution in [3.8, 4) is 28.6 Å². The molecular formula is C24H25N5O. The van der Waals surface area contributed by atoms with Crippen molar-refractivity contribution in [3.05, 3.63) is 70.0 Å². The molecule has 30 heavy (non-hydrogen) atoms. The standard InChI is InChI=1S/C24H25N5O/c1-16-5-9-19(10-6-16)22-21(18-11-7-17(14-25)8-12-18)27-23(24(30)28(22)2)29-13-3-4-20(26)15-29/h5-12,20H,3-4,13,15,26H2,1-2H3/t20-/m0/s1. The van der Waals surface area contributed by atoms with Gasteiger partial charge in [0, 0.05) is 37.3 Å². The highest BCUT2D eigenvalue weighted by molar-refractivity contribution is 5.79. The molecular weight excluding hydrogens is 374 g/mol. The van der Waals surface area contributed by atoms with E-state index in [4.69, 9.17) is 16.0 Å². The molecule has 2 N–H and O–H groups in total. The van der Waals surface area contributed by atoms with Crippen LogP contribution in [-0.2, 0) is 7.05 Å². The third-order valence-corrected chi connectivity index (χ3v) is 5.64. The Morgan fingerprint density at radius 2 is 1.77 bits per heavy atom. The molecule has 0 unspecified atom stereocenters. The summed E-state index contributed by atoms with van der Waals surface area (Å²) < 4.78 is 1.68. The molecule has 1 aliphatic rings. The first kappa shape index (κ1) is 19.9. The first-order valence-electron chi connectivity index (χ1n) is 10.2. The van der Waals surface area contributed by atoms with Crippen LogP contribution in [-0.4, -0.2) is 28.7 Å². The number of nitrogens with zero attached hydrogens (tertiary/aromatic N) is 4. The summed E-state index contributed by atoms with van der Waals surface area (Å²) in [5.74, 6) is 0.433. The van der Waals surface area contributed by atoms with E-state index in [1.165, 1.54) is 0 Å². The van der Waals surface area contributed by atoms with E-state index >= 15 is 0 Å². The van der Waals surface area contributed by atoms with Crippen LogP contribution in [0.5, 0.6) is 0 Å². The van der Waals surface area contributed by atoms with Crippen molar-refractivity contribution < 1.29 is 0 Å². The number of hydrogen-bond acceptors (Lipinski definition) is 5. The van der Waals surface area contributed by atoms with Gasteiger partial charge < -0.3 is 15.2 Å². The van der Waals surface area contributed by atoms with Gasteiger partial charge >= 0.3 is 0 Å². The minimum atomic E-state index is -0.128. The second-order valence-corrected chi connectivity index (χ2v) is 7.90. The number of aromatic nitrogens is 2. The monoisotopic (exact) mass is 399 g/mol. The molecule has 6 heteroatoms. The van der Waals surface area contributed by atoms with E-state index in [1.807, 2.05) is 48.2 Å². The largest absolute Gasteiger partial charge is 0.350 e. The topological polar surface area (TPSA) is 87.9 Å². The molecule has 152 valence electrons. The maximum Gasteiger partial charge on any atom is 0.293 e. The molecule has 1 atom stereocenters. The minimum Gasteiger partial charge on any atom is -0.350 e. The van der Waals surface area contributed by atoms with Crippen LogP contribution in [0, 0.1) is 18.3 Å². The Bertz CT molecular complexity index is 1160. The molecule has 0 radical (unpaired) electrons. The van der Waals surface area contributed by atoms with Crippen molar-refractivity contribution in [3.63, 3.8) is 0 Å². The van der Waals surface area contributed by atoms with Gasteiger partial charge in [-0.2, -0.15) is 5.26 Å². The van der Waals surface area contributed by atoms with E-state index in [9.17, 15) is 4.79 Å². The SMILES string of the molecule is Cc1ccc(-c2c(-c3ccc(C#N)cc3)nc(N3CCC[C@H](N)C3)c(=O)n2C)cc1. The molecule has 0 spiro atoms. The van der Waals surface area contributed by atoms with Gasteiger partial charge in [-0.05, 0) is 31.9 Å². The zero-order chi connectivity index (χ0) is 21.3. The van der Waals surface area contributed by atoms with Crippen molar-refractivity contribution in [1.82, 2.24) is 9.55 Å². The van der Waals surface area contributed by atoms with E-state index in [0.29, 0.717) is 17.9 Å². The maximum atomic E-state index is 13.3. The lowest BCUT2D eigenvalue weighted by molar-refractivity contribution is 0.501. The summed E-state index contributed by atoms with van der Waals surface area (Å²) in [6.45, 7) is 3.43. The van der Waals surface area contributed by atoms with Crippen LogP contribution in [0.2, 0.25) is 0 Å². The lowest BCUT2D eigenvalue weighted by Crippen LogP contribution is -2.46. The summed E-state index contributed by atoms with van der Waals surface area (Å²) in [6, 6.07) is 17.6. The molecule has 3 aromatic rings. The highest BCUT2D eigenvalue weighted by Crippen LogP contribution is 2.31. The van der Waals surface area contributed by atoms with Crippen LogP contribution in [0.3, 0.4) is 0 Å². The molecule has 0 amide bonds. The Hall–Kier alpha value is -3.43. The molecule has 4 rings (SSSR count). The summed E-state index contributed by atoms with van der Waals surface area (Å²) in [5.41, 5.74) is 11.0. The number of hydrogen-bond donors (Lipinski definition) is 1. The molecule has 1 aromatic heterocycles. The molecule has 0 bridgehead atoms. The van der Waals surface area contributed by atoms with E-state index < -0.39 is 0 Å². The molecule has 1 saturated heterocycles. The number of nitriles is 1. The summed E-state index contributed by atoms with van der Waals surface area (Å²) in [7, 11) is 1.79. The number of rotatable bonds is 3. The lowest BCUT2D eigenvalue weighted by Gasteiger charge is -2.32. The molecule has 6 nitrogen and oxygen atoms in total. The van der Waals surface area contributed by atoms with Gasteiger partial charge in [-0.1, -0.05) is 42.0 Å². The Kier molecular flexibility index (Phi) is 5.39. The number of benzene rings is 2. The van der Waals surface area contributed by atoms with Crippen molar-refractivity contribution in [2.75, 3.05) is 18.0 Å².